The summed E-state index contributed by atoms with van der Waals surface area (Å²) in [6.07, 6.45) is 8.88. The van der Waals surface area contributed by atoms with Gasteiger partial charge in [0.15, 0.2) is 12.2 Å². The van der Waals surface area contributed by atoms with Crippen molar-refractivity contribution in [1.29, 1.82) is 0 Å². The van der Waals surface area contributed by atoms with Gasteiger partial charge in [0.2, 0.25) is 0 Å². The van der Waals surface area contributed by atoms with Gasteiger partial charge in [0, 0.05) is 30.3 Å². The van der Waals surface area contributed by atoms with E-state index in [1.807, 2.05) is 30.3 Å². The number of rotatable bonds is 8. The molecule has 0 spiro atoms. The average molecular weight is 416 g/mol. The normalized spacial score (nSPS) is 11.5. The zero-order chi connectivity index (χ0) is 22.1. The van der Waals surface area contributed by atoms with Gasteiger partial charge in [-0.15, -0.1) is 0 Å². The van der Waals surface area contributed by atoms with Gasteiger partial charge in [-0.3, -0.25) is 9.88 Å². The highest BCUT2D eigenvalue weighted by Crippen LogP contribution is 2.20. The quantitative estimate of drug-likeness (QED) is 0.464. The van der Waals surface area contributed by atoms with Crippen LogP contribution in [0, 0.1) is 17.3 Å². The molecule has 0 aliphatic heterocycles. The number of nitrogens with zero attached hydrogens (tertiary/aromatic N) is 3. The Hall–Kier alpha value is -3.36. The molecule has 0 aliphatic carbocycles. The summed E-state index contributed by atoms with van der Waals surface area (Å²) in [5.41, 5.74) is 2.99. The first-order chi connectivity index (χ1) is 14.9. The molecule has 160 valence electrons. The highest BCUT2D eigenvalue weighted by molar-refractivity contribution is 5.55. The van der Waals surface area contributed by atoms with E-state index in [1.54, 1.807) is 12.4 Å². The number of aromatic nitrogens is 2. The first kappa shape index (κ1) is 22.3. The Morgan fingerprint density at radius 2 is 2.06 bits per heavy atom. The van der Waals surface area contributed by atoms with Gasteiger partial charge in [0.25, 0.3) is 0 Å². The third-order valence-electron chi connectivity index (χ3n) is 4.34. The first-order valence-electron chi connectivity index (χ1n) is 10.3. The zero-order valence-corrected chi connectivity index (χ0v) is 18.6. The standard InChI is InChI=1S/C26H29N3O2/c1-26(2,3)12-6-5-7-14-29(4)18-21-9-8-10-24(15-21)30-19-23-16-22(11-13-28-23)25-17-27-20-31-25/h5,7-11,13,15-17,20H,14,18-19H2,1-4H3. The van der Waals surface area contributed by atoms with Gasteiger partial charge in [0.1, 0.15) is 12.4 Å². The number of pyridine rings is 1. The molecule has 1 aromatic carbocycles. The zero-order valence-electron chi connectivity index (χ0n) is 18.6. The summed E-state index contributed by atoms with van der Waals surface area (Å²) >= 11 is 0. The van der Waals surface area contributed by atoms with Gasteiger partial charge in [-0.2, -0.15) is 0 Å². The Morgan fingerprint density at radius 1 is 1.19 bits per heavy atom. The lowest BCUT2D eigenvalue weighted by Gasteiger charge is -2.15. The van der Waals surface area contributed by atoms with Crippen LogP contribution in [0.15, 0.2) is 71.8 Å². The van der Waals surface area contributed by atoms with Gasteiger partial charge < -0.3 is 9.15 Å². The molecule has 0 saturated heterocycles. The summed E-state index contributed by atoms with van der Waals surface area (Å²) in [7, 11) is 2.09. The average Bonchev–Trinajstić information content (AvgIpc) is 3.27. The second kappa shape index (κ2) is 10.6. The molecular formula is C26H29N3O2. The number of allylic oxidation sites excluding steroid dienone is 1. The van der Waals surface area contributed by atoms with E-state index >= 15 is 0 Å². The number of benzene rings is 1. The lowest BCUT2D eigenvalue weighted by molar-refractivity contribution is 0.300. The van der Waals surface area contributed by atoms with Crippen LogP contribution in [0.1, 0.15) is 32.0 Å². The van der Waals surface area contributed by atoms with E-state index in [1.165, 1.54) is 12.0 Å². The number of hydrogen-bond donors (Lipinski definition) is 0. The van der Waals surface area contributed by atoms with Crippen LogP contribution in [0.3, 0.4) is 0 Å². The van der Waals surface area contributed by atoms with E-state index < -0.39 is 0 Å². The molecule has 0 aliphatic rings. The van der Waals surface area contributed by atoms with Gasteiger partial charge in [-0.1, -0.05) is 30.0 Å². The molecule has 0 unspecified atom stereocenters. The Bertz CT molecular complexity index is 1050. The summed E-state index contributed by atoms with van der Waals surface area (Å²) in [5.74, 6) is 7.85. The van der Waals surface area contributed by atoms with Crippen molar-refractivity contribution >= 4 is 0 Å². The van der Waals surface area contributed by atoms with E-state index in [0.29, 0.717) is 12.4 Å². The van der Waals surface area contributed by atoms with E-state index in [0.717, 1.165) is 30.1 Å². The second-order valence-corrected chi connectivity index (χ2v) is 8.46. The fourth-order valence-corrected chi connectivity index (χ4v) is 2.89. The summed E-state index contributed by atoms with van der Waals surface area (Å²) in [4.78, 5) is 10.6. The molecule has 0 fully saturated rings. The Kier molecular flexibility index (Phi) is 7.64. The van der Waals surface area contributed by atoms with Gasteiger partial charge >= 0.3 is 0 Å². The fourth-order valence-electron chi connectivity index (χ4n) is 2.89. The summed E-state index contributed by atoms with van der Waals surface area (Å²) in [6, 6.07) is 12.0. The highest BCUT2D eigenvalue weighted by Gasteiger charge is 2.06. The minimum Gasteiger partial charge on any atom is -0.487 e. The predicted molar refractivity (Wildman–Crippen MR) is 123 cm³/mol. The monoisotopic (exact) mass is 415 g/mol. The maximum Gasteiger partial charge on any atom is 0.181 e. The molecular weight excluding hydrogens is 386 g/mol. The summed E-state index contributed by atoms with van der Waals surface area (Å²) < 4.78 is 11.3. The van der Waals surface area contributed by atoms with Crippen LogP contribution in [0.25, 0.3) is 11.3 Å². The van der Waals surface area contributed by atoms with Crippen LogP contribution in [0.2, 0.25) is 0 Å². The van der Waals surface area contributed by atoms with E-state index in [4.69, 9.17) is 9.15 Å². The second-order valence-electron chi connectivity index (χ2n) is 8.46. The van der Waals surface area contributed by atoms with Crippen molar-refractivity contribution in [2.45, 2.75) is 33.9 Å². The van der Waals surface area contributed by atoms with Crippen molar-refractivity contribution < 1.29 is 9.15 Å². The fraction of sp³-hybridized carbons (Fsp3) is 0.308. The van der Waals surface area contributed by atoms with E-state index in [-0.39, 0.29) is 5.41 Å². The molecule has 0 N–H and O–H groups in total. The number of ether oxygens (including phenoxy) is 1. The maximum absolute atomic E-state index is 5.97. The number of likely N-dealkylation sites (N-methyl/N-ethyl adjacent to an activating group) is 1. The molecule has 3 rings (SSSR count). The minimum atomic E-state index is 0.0312. The number of hydrogen-bond acceptors (Lipinski definition) is 5. The molecule has 2 heterocycles. The first-order valence-corrected chi connectivity index (χ1v) is 10.3. The lowest BCUT2D eigenvalue weighted by atomic mass is 9.98. The molecule has 5 nitrogen and oxygen atoms in total. The molecule has 0 amide bonds. The van der Waals surface area contributed by atoms with Crippen LogP contribution >= 0.6 is 0 Å². The van der Waals surface area contributed by atoms with Crippen LogP contribution in [0.4, 0.5) is 0 Å². The summed E-state index contributed by atoms with van der Waals surface area (Å²) in [5, 5.41) is 0. The third kappa shape index (κ3) is 7.76. The highest BCUT2D eigenvalue weighted by atomic mass is 16.5. The summed E-state index contributed by atoms with van der Waals surface area (Å²) in [6.45, 7) is 8.38. The van der Waals surface area contributed by atoms with Crippen molar-refractivity contribution in [3.8, 4) is 28.9 Å². The predicted octanol–water partition coefficient (Wildman–Crippen LogP) is 5.35. The minimum absolute atomic E-state index is 0.0312. The van der Waals surface area contributed by atoms with E-state index in [2.05, 4.69) is 72.7 Å². The molecule has 5 heteroatoms. The largest absolute Gasteiger partial charge is 0.487 e. The Labute approximate surface area is 184 Å². The van der Waals surface area contributed by atoms with Gasteiger partial charge in [-0.25, -0.2) is 4.98 Å². The SMILES string of the molecule is CN(CC=CC#CC(C)(C)C)Cc1cccc(OCc2cc(-c3cnco3)ccn2)c1. The molecule has 3 aromatic rings. The smallest absolute Gasteiger partial charge is 0.181 e. The molecule has 0 bridgehead atoms. The topological polar surface area (TPSA) is 51.4 Å². The van der Waals surface area contributed by atoms with Crippen molar-refractivity contribution in [2.75, 3.05) is 13.6 Å². The third-order valence-corrected chi connectivity index (χ3v) is 4.34. The lowest BCUT2D eigenvalue weighted by Crippen LogP contribution is -2.17. The maximum atomic E-state index is 5.97. The van der Waals surface area contributed by atoms with Crippen molar-refractivity contribution in [1.82, 2.24) is 14.9 Å². The molecule has 0 radical (unpaired) electrons. The van der Waals surface area contributed by atoms with Crippen molar-refractivity contribution in [3.63, 3.8) is 0 Å². The molecule has 0 saturated carbocycles. The van der Waals surface area contributed by atoms with Crippen LogP contribution in [-0.2, 0) is 13.2 Å². The number of oxazole rings is 1. The van der Waals surface area contributed by atoms with Crippen LogP contribution in [-0.4, -0.2) is 28.5 Å². The van der Waals surface area contributed by atoms with Crippen LogP contribution in [0.5, 0.6) is 5.75 Å². The molecule has 31 heavy (non-hydrogen) atoms. The van der Waals surface area contributed by atoms with Crippen molar-refractivity contribution in [3.05, 3.63) is 78.6 Å². The van der Waals surface area contributed by atoms with E-state index in [9.17, 15) is 0 Å². The van der Waals surface area contributed by atoms with Crippen LogP contribution < -0.4 is 4.74 Å². The molecule has 0 atom stereocenters. The Morgan fingerprint density at radius 3 is 2.84 bits per heavy atom. The molecule has 2 aromatic heterocycles. The van der Waals surface area contributed by atoms with Gasteiger partial charge in [0.05, 0.1) is 11.9 Å². The van der Waals surface area contributed by atoms with Gasteiger partial charge in [-0.05, 0) is 63.7 Å². The Balaban J connectivity index is 1.53. The van der Waals surface area contributed by atoms with Crippen molar-refractivity contribution in [2.24, 2.45) is 5.41 Å².